The Balaban J connectivity index is 1.87. The van der Waals surface area contributed by atoms with E-state index in [1.807, 2.05) is 16.8 Å². The van der Waals surface area contributed by atoms with E-state index < -0.39 is 18.2 Å². The van der Waals surface area contributed by atoms with Crippen LogP contribution in [-0.4, -0.2) is 52.1 Å². The van der Waals surface area contributed by atoms with Gasteiger partial charge in [-0.1, -0.05) is 23.4 Å². The maximum atomic E-state index is 10.3. The second-order valence-electron chi connectivity index (χ2n) is 6.04. The highest BCUT2D eigenvalue weighted by Crippen LogP contribution is 2.31. The number of hydrogen-bond acceptors (Lipinski definition) is 8. The van der Waals surface area contributed by atoms with E-state index in [4.69, 9.17) is 22.1 Å². The number of nitrogen functional groups attached to an aromatic ring is 1. The van der Waals surface area contributed by atoms with Crippen LogP contribution in [0.5, 0.6) is 0 Å². The van der Waals surface area contributed by atoms with E-state index in [0.29, 0.717) is 24.4 Å². The average Bonchev–Trinajstić information content (AvgIpc) is 3.19. The summed E-state index contributed by atoms with van der Waals surface area (Å²) in [6.07, 6.45) is -1.35. The predicted octanol–water partition coefficient (Wildman–Crippen LogP) is 1.34. The molecule has 1 fully saturated rings. The molecule has 2 aromatic rings. The van der Waals surface area contributed by atoms with Gasteiger partial charge in [-0.25, -0.2) is 0 Å². The number of aromatic nitrogens is 2. The molecule has 0 spiro atoms. The lowest BCUT2D eigenvalue weighted by Crippen LogP contribution is -2.36. The molecule has 9 heteroatoms. The van der Waals surface area contributed by atoms with Crippen molar-refractivity contribution in [2.45, 2.75) is 24.7 Å². The van der Waals surface area contributed by atoms with Crippen molar-refractivity contribution in [3.63, 3.8) is 0 Å². The molecule has 1 aliphatic carbocycles. The third-order valence-corrected chi connectivity index (χ3v) is 5.20. The standard InChI is InChI=1S/C17H19ClN4O3S/c1-25-7-10-6-12(14(24)13(10)23)20-16-11(15(18)21-17(19)22-16)3-2-9-4-5-26-8-9/h4-5,8,10,12-14,23-24H,6-7H2,1H3,(H3,19,20,21,22). The Morgan fingerprint density at radius 2 is 2.19 bits per heavy atom. The van der Waals surface area contributed by atoms with Gasteiger partial charge in [0, 0.05) is 24.0 Å². The third kappa shape index (κ3) is 4.09. The van der Waals surface area contributed by atoms with E-state index in [0.717, 1.165) is 5.56 Å². The third-order valence-electron chi connectivity index (χ3n) is 4.24. The fraction of sp³-hybridized carbons (Fsp3) is 0.412. The van der Waals surface area contributed by atoms with E-state index in [1.165, 1.54) is 0 Å². The highest BCUT2D eigenvalue weighted by Gasteiger charge is 2.41. The lowest BCUT2D eigenvalue weighted by Gasteiger charge is -2.19. The summed E-state index contributed by atoms with van der Waals surface area (Å²) in [5, 5.41) is 27.6. The zero-order valence-corrected chi connectivity index (χ0v) is 15.6. The SMILES string of the molecule is COCC1CC(Nc2nc(N)nc(Cl)c2C#Cc2ccsc2)C(O)C1O. The fourth-order valence-electron chi connectivity index (χ4n) is 2.96. The van der Waals surface area contributed by atoms with E-state index in [9.17, 15) is 10.2 Å². The summed E-state index contributed by atoms with van der Waals surface area (Å²) in [7, 11) is 1.56. The van der Waals surface area contributed by atoms with E-state index in [-0.39, 0.29) is 17.0 Å². The Labute approximate surface area is 160 Å². The van der Waals surface area contributed by atoms with Crippen LogP contribution in [0, 0.1) is 17.8 Å². The Kier molecular flexibility index (Phi) is 5.96. The molecule has 2 heterocycles. The maximum absolute atomic E-state index is 10.3. The van der Waals surface area contributed by atoms with Crippen molar-refractivity contribution in [3.8, 4) is 11.8 Å². The maximum Gasteiger partial charge on any atom is 0.223 e. The van der Waals surface area contributed by atoms with Crippen molar-refractivity contribution in [1.29, 1.82) is 0 Å². The number of nitrogens with zero attached hydrogens (tertiary/aromatic N) is 2. The molecular formula is C17H19ClN4O3S. The number of methoxy groups -OCH3 is 1. The molecule has 0 amide bonds. The minimum absolute atomic E-state index is 0.0000556. The molecule has 1 saturated carbocycles. The van der Waals surface area contributed by atoms with Crippen molar-refractivity contribution < 1.29 is 14.9 Å². The highest BCUT2D eigenvalue weighted by atomic mass is 35.5. The van der Waals surface area contributed by atoms with Gasteiger partial charge in [0.25, 0.3) is 0 Å². The van der Waals surface area contributed by atoms with Crippen LogP contribution in [-0.2, 0) is 4.74 Å². The van der Waals surface area contributed by atoms with E-state index >= 15 is 0 Å². The van der Waals surface area contributed by atoms with Crippen molar-refractivity contribution in [2.75, 3.05) is 24.8 Å². The zero-order valence-electron chi connectivity index (χ0n) is 14.0. The molecule has 2 aromatic heterocycles. The first-order chi connectivity index (χ1) is 12.5. The topological polar surface area (TPSA) is 114 Å². The van der Waals surface area contributed by atoms with E-state index in [2.05, 4.69) is 27.1 Å². The summed E-state index contributed by atoms with van der Waals surface area (Å²) in [6.45, 7) is 0.355. The smallest absolute Gasteiger partial charge is 0.223 e. The van der Waals surface area contributed by atoms with Crippen molar-refractivity contribution in [3.05, 3.63) is 33.1 Å². The summed E-state index contributed by atoms with van der Waals surface area (Å²) in [5.41, 5.74) is 6.95. The van der Waals surface area contributed by atoms with Gasteiger partial charge in [0.2, 0.25) is 5.95 Å². The number of halogens is 1. The number of anilines is 2. The van der Waals surface area contributed by atoms with Crippen molar-refractivity contribution >= 4 is 34.7 Å². The number of nitrogens with one attached hydrogen (secondary N) is 1. The monoisotopic (exact) mass is 394 g/mol. The van der Waals surface area contributed by atoms with Gasteiger partial charge in [0.05, 0.1) is 18.8 Å². The van der Waals surface area contributed by atoms with Crippen LogP contribution in [0.3, 0.4) is 0 Å². The molecule has 0 saturated heterocycles. The summed E-state index contributed by atoms with van der Waals surface area (Å²) in [6, 6.07) is 1.46. The molecule has 0 bridgehead atoms. The molecule has 4 unspecified atom stereocenters. The first-order valence-electron chi connectivity index (χ1n) is 7.98. The molecule has 0 aliphatic heterocycles. The quantitative estimate of drug-likeness (QED) is 0.457. The first-order valence-corrected chi connectivity index (χ1v) is 9.30. The zero-order chi connectivity index (χ0) is 18.7. The van der Waals surface area contributed by atoms with Gasteiger partial charge >= 0.3 is 0 Å². The van der Waals surface area contributed by atoms with Crippen LogP contribution < -0.4 is 11.1 Å². The average molecular weight is 395 g/mol. The van der Waals surface area contributed by atoms with Crippen LogP contribution in [0.2, 0.25) is 5.15 Å². The Morgan fingerprint density at radius 1 is 1.38 bits per heavy atom. The van der Waals surface area contributed by atoms with Crippen LogP contribution in [0.15, 0.2) is 16.8 Å². The minimum Gasteiger partial charge on any atom is -0.390 e. The number of hydrogen-bond donors (Lipinski definition) is 4. The Morgan fingerprint density at radius 3 is 2.88 bits per heavy atom. The van der Waals surface area contributed by atoms with E-state index in [1.54, 1.807) is 18.4 Å². The van der Waals surface area contributed by atoms with Gasteiger partial charge in [-0.15, -0.1) is 0 Å². The lowest BCUT2D eigenvalue weighted by atomic mass is 10.1. The van der Waals surface area contributed by atoms with Gasteiger partial charge in [0.1, 0.15) is 17.5 Å². The van der Waals surface area contributed by atoms with Crippen LogP contribution in [0.25, 0.3) is 0 Å². The van der Waals surface area contributed by atoms with Crippen LogP contribution >= 0.6 is 22.9 Å². The van der Waals surface area contributed by atoms with Crippen molar-refractivity contribution in [1.82, 2.24) is 9.97 Å². The number of ether oxygens (including phenoxy) is 1. The molecule has 0 aromatic carbocycles. The van der Waals surface area contributed by atoms with Gasteiger partial charge in [-0.3, -0.25) is 0 Å². The largest absolute Gasteiger partial charge is 0.390 e. The van der Waals surface area contributed by atoms with Crippen molar-refractivity contribution in [2.24, 2.45) is 5.92 Å². The lowest BCUT2D eigenvalue weighted by molar-refractivity contribution is -0.00195. The van der Waals surface area contributed by atoms with Crippen LogP contribution in [0.1, 0.15) is 17.5 Å². The summed E-state index contributed by atoms with van der Waals surface area (Å²) in [4.78, 5) is 8.12. The number of rotatable bonds is 4. The number of nitrogens with two attached hydrogens (primary N) is 1. The first kappa shape index (κ1) is 18.9. The normalized spacial score (nSPS) is 24.9. The van der Waals surface area contributed by atoms with Gasteiger partial charge in [-0.2, -0.15) is 21.3 Å². The second-order valence-corrected chi connectivity index (χ2v) is 7.18. The molecule has 0 radical (unpaired) electrons. The minimum atomic E-state index is -0.970. The Bertz CT molecular complexity index is 821. The fourth-order valence-corrected chi connectivity index (χ4v) is 3.77. The molecule has 138 valence electrons. The molecule has 3 rings (SSSR count). The van der Waals surface area contributed by atoms with Crippen LogP contribution in [0.4, 0.5) is 11.8 Å². The number of aliphatic hydroxyl groups excluding tert-OH is 2. The predicted molar refractivity (Wildman–Crippen MR) is 101 cm³/mol. The number of thiophene rings is 1. The molecule has 1 aliphatic rings. The summed E-state index contributed by atoms with van der Waals surface area (Å²) in [5.74, 6) is 6.11. The summed E-state index contributed by atoms with van der Waals surface area (Å²) >= 11 is 7.74. The molecular weight excluding hydrogens is 376 g/mol. The van der Waals surface area contributed by atoms with Gasteiger partial charge in [0.15, 0.2) is 5.15 Å². The van der Waals surface area contributed by atoms with Gasteiger partial charge < -0.3 is 26.0 Å². The Hall–Kier alpha value is -1.89. The second kappa shape index (κ2) is 8.20. The molecule has 4 atom stereocenters. The molecule has 5 N–H and O–H groups in total. The van der Waals surface area contributed by atoms with Gasteiger partial charge in [-0.05, 0) is 17.9 Å². The summed E-state index contributed by atoms with van der Waals surface area (Å²) < 4.78 is 5.10. The molecule has 7 nitrogen and oxygen atoms in total. The number of aliphatic hydroxyl groups is 2. The highest BCUT2D eigenvalue weighted by molar-refractivity contribution is 7.08. The molecule has 26 heavy (non-hydrogen) atoms.